The van der Waals surface area contributed by atoms with Gasteiger partial charge in [0.1, 0.15) is 0 Å². The number of nitro groups is 1. The van der Waals surface area contributed by atoms with Crippen LogP contribution in [-0.4, -0.2) is 55.4 Å². The molecule has 3 N–H and O–H groups in total. The average Bonchev–Trinajstić information content (AvgIpc) is 2.68. The molecular formula is C18H21N5O5S. The summed E-state index contributed by atoms with van der Waals surface area (Å²) in [6, 6.07) is 11.9. The minimum atomic E-state index is -3.85. The van der Waals surface area contributed by atoms with Gasteiger partial charge in [-0.1, -0.05) is 18.2 Å². The second kappa shape index (κ2) is 8.55. The molecule has 154 valence electrons. The number of nitrogens with one attached hydrogen (secondary N) is 1. The van der Waals surface area contributed by atoms with Crippen LogP contribution < -0.4 is 10.5 Å². The van der Waals surface area contributed by atoms with Crippen LogP contribution in [0, 0.1) is 10.1 Å². The van der Waals surface area contributed by atoms with Gasteiger partial charge in [0.2, 0.25) is 10.0 Å². The Labute approximate surface area is 168 Å². The molecule has 1 saturated heterocycles. The molecule has 0 aliphatic carbocycles. The number of amides is 2. The average molecular weight is 419 g/mol. The van der Waals surface area contributed by atoms with Gasteiger partial charge in [-0.15, -0.1) is 0 Å². The van der Waals surface area contributed by atoms with E-state index in [1.54, 1.807) is 23.1 Å². The highest BCUT2D eigenvalue weighted by Gasteiger charge is 2.22. The molecule has 0 unspecified atom stereocenters. The molecule has 2 amide bonds. The van der Waals surface area contributed by atoms with Crippen LogP contribution in [0.3, 0.4) is 0 Å². The molecule has 0 spiro atoms. The Hall–Kier alpha value is -3.02. The largest absolute Gasteiger partial charge is 0.322 e. The number of urea groups is 1. The number of anilines is 1. The lowest BCUT2D eigenvalue weighted by molar-refractivity contribution is -0.384. The van der Waals surface area contributed by atoms with Crippen molar-refractivity contribution in [2.45, 2.75) is 11.4 Å². The lowest BCUT2D eigenvalue weighted by atomic mass is 10.2. The van der Waals surface area contributed by atoms with Gasteiger partial charge in [0.15, 0.2) is 0 Å². The first-order valence-electron chi connectivity index (χ1n) is 8.87. The molecule has 11 heteroatoms. The molecule has 3 rings (SSSR count). The zero-order valence-corrected chi connectivity index (χ0v) is 16.3. The van der Waals surface area contributed by atoms with E-state index < -0.39 is 14.9 Å². The first-order valence-corrected chi connectivity index (χ1v) is 10.4. The molecule has 1 aliphatic rings. The molecule has 0 atom stereocenters. The molecule has 2 aromatic rings. The third-order valence-electron chi connectivity index (χ3n) is 4.60. The maximum Gasteiger partial charge on any atom is 0.321 e. The molecule has 29 heavy (non-hydrogen) atoms. The van der Waals surface area contributed by atoms with Crippen molar-refractivity contribution in [2.24, 2.45) is 5.14 Å². The lowest BCUT2D eigenvalue weighted by Gasteiger charge is -2.34. The molecule has 0 radical (unpaired) electrons. The fraction of sp³-hybridized carbons (Fsp3) is 0.278. The van der Waals surface area contributed by atoms with E-state index in [4.69, 9.17) is 5.14 Å². The number of carbonyl (C=O) groups is 1. The number of rotatable bonds is 5. The van der Waals surface area contributed by atoms with Gasteiger partial charge in [-0.3, -0.25) is 15.0 Å². The summed E-state index contributed by atoms with van der Waals surface area (Å²) in [5.41, 5.74) is 1.25. The van der Waals surface area contributed by atoms with Gasteiger partial charge in [-0.25, -0.2) is 18.4 Å². The van der Waals surface area contributed by atoms with Crippen molar-refractivity contribution in [3.63, 3.8) is 0 Å². The lowest BCUT2D eigenvalue weighted by Crippen LogP contribution is -2.49. The molecule has 1 aliphatic heterocycles. The van der Waals surface area contributed by atoms with Crippen molar-refractivity contribution in [2.75, 3.05) is 31.5 Å². The van der Waals surface area contributed by atoms with Crippen LogP contribution in [-0.2, 0) is 16.6 Å². The van der Waals surface area contributed by atoms with Crippen LogP contribution in [0.4, 0.5) is 16.2 Å². The van der Waals surface area contributed by atoms with Crippen molar-refractivity contribution in [3.05, 3.63) is 64.2 Å². The topological polar surface area (TPSA) is 139 Å². The smallest absolute Gasteiger partial charge is 0.321 e. The Morgan fingerprint density at radius 2 is 1.79 bits per heavy atom. The standard InChI is InChI=1S/C18H21N5O5S/c19-29(27,28)17-6-2-4-15(12-17)20-18(24)22-9-7-21(8-10-22)13-14-3-1-5-16(11-14)23(25)26/h1-6,11-12H,7-10,13H2,(H,20,24)(H2,19,27,28). The fourth-order valence-corrected chi connectivity index (χ4v) is 3.65. The number of primary sulfonamides is 1. The van der Waals surface area contributed by atoms with Crippen LogP contribution in [0.15, 0.2) is 53.4 Å². The highest BCUT2D eigenvalue weighted by atomic mass is 32.2. The summed E-state index contributed by atoms with van der Waals surface area (Å²) in [5, 5.41) is 18.7. The van der Waals surface area contributed by atoms with E-state index in [1.165, 1.54) is 24.3 Å². The first kappa shape index (κ1) is 20.7. The van der Waals surface area contributed by atoms with E-state index in [0.717, 1.165) is 5.56 Å². The normalized spacial score (nSPS) is 15.1. The van der Waals surface area contributed by atoms with Crippen molar-refractivity contribution in [3.8, 4) is 0 Å². The van der Waals surface area contributed by atoms with E-state index in [2.05, 4.69) is 10.2 Å². The van der Waals surface area contributed by atoms with Gasteiger partial charge >= 0.3 is 6.03 Å². The maximum atomic E-state index is 12.5. The summed E-state index contributed by atoms with van der Waals surface area (Å²) >= 11 is 0. The van der Waals surface area contributed by atoms with E-state index >= 15 is 0 Å². The van der Waals surface area contributed by atoms with Crippen molar-refractivity contribution in [1.82, 2.24) is 9.80 Å². The predicted molar refractivity (Wildman–Crippen MR) is 107 cm³/mol. The number of hydrogen-bond acceptors (Lipinski definition) is 6. The molecular weight excluding hydrogens is 398 g/mol. The number of sulfonamides is 1. The quantitative estimate of drug-likeness (QED) is 0.557. The van der Waals surface area contributed by atoms with Gasteiger partial charge in [0.05, 0.1) is 9.82 Å². The van der Waals surface area contributed by atoms with E-state index in [0.29, 0.717) is 38.4 Å². The highest BCUT2D eigenvalue weighted by molar-refractivity contribution is 7.89. The van der Waals surface area contributed by atoms with E-state index in [9.17, 15) is 23.3 Å². The maximum absolute atomic E-state index is 12.5. The number of non-ortho nitro benzene ring substituents is 1. The number of piperazine rings is 1. The van der Waals surface area contributed by atoms with Crippen molar-refractivity contribution in [1.29, 1.82) is 0 Å². The fourth-order valence-electron chi connectivity index (χ4n) is 3.09. The Kier molecular flexibility index (Phi) is 6.11. The third-order valence-corrected chi connectivity index (χ3v) is 5.51. The number of nitro benzene ring substituents is 1. The van der Waals surface area contributed by atoms with Gasteiger partial charge < -0.3 is 10.2 Å². The van der Waals surface area contributed by atoms with Crippen LogP contribution in [0.2, 0.25) is 0 Å². The highest BCUT2D eigenvalue weighted by Crippen LogP contribution is 2.17. The van der Waals surface area contributed by atoms with Gasteiger partial charge in [0.25, 0.3) is 5.69 Å². The zero-order valence-electron chi connectivity index (χ0n) is 15.5. The summed E-state index contributed by atoms with van der Waals surface area (Å²) < 4.78 is 22.9. The van der Waals surface area contributed by atoms with Crippen LogP contribution >= 0.6 is 0 Å². The molecule has 0 bridgehead atoms. The Balaban J connectivity index is 1.55. The zero-order chi connectivity index (χ0) is 21.0. The number of hydrogen-bond donors (Lipinski definition) is 2. The molecule has 1 fully saturated rings. The van der Waals surface area contributed by atoms with Crippen LogP contribution in [0.1, 0.15) is 5.56 Å². The molecule has 10 nitrogen and oxygen atoms in total. The predicted octanol–water partition coefficient (Wildman–Crippen LogP) is 1.59. The molecule has 0 saturated carbocycles. The number of nitrogens with two attached hydrogens (primary N) is 1. The summed E-state index contributed by atoms with van der Waals surface area (Å²) in [6.07, 6.45) is 0. The third kappa shape index (κ3) is 5.50. The van der Waals surface area contributed by atoms with Crippen molar-refractivity contribution >= 4 is 27.4 Å². The van der Waals surface area contributed by atoms with Gasteiger partial charge in [-0.05, 0) is 23.8 Å². The SMILES string of the molecule is NS(=O)(=O)c1cccc(NC(=O)N2CCN(Cc3cccc([N+](=O)[O-])c3)CC2)c1. The summed E-state index contributed by atoms with van der Waals surface area (Å²) in [4.78, 5) is 26.6. The van der Waals surface area contributed by atoms with Gasteiger partial charge in [-0.2, -0.15) is 0 Å². The van der Waals surface area contributed by atoms with Crippen molar-refractivity contribution < 1.29 is 18.1 Å². The van der Waals surface area contributed by atoms with E-state index in [1.807, 2.05) is 6.07 Å². The molecule has 1 heterocycles. The van der Waals surface area contributed by atoms with Crippen LogP contribution in [0.5, 0.6) is 0 Å². The van der Waals surface area contributed by atoms with Crippen LogP contribution in [0.25, 0.3) is 0 Å². The monoisotopic (exact) mass is 419 g/mol. The van der Waals surface area contributed by atoms with E-state index in [-0.39, 0.29) is 16.6 Å². The second-order valence-corrected chi connectivity index (χ2v) is 8.25. The second-order valence-electron chi connectivity index (χ2n) is 6.69. The Morgan fingerprint density at radius 3 is 2.45 bits per heavy atom. The minimum absolute atomic E-state index is 0.0576. The Bertz CT molecular complexity index is 1020. The summed E-state index contributed by atoms with van der Waals surface area (Å²) in [6.45, 7) is 2.76. The minimum Gasteiger partial charge on any atom is -0.322 e. The Morgan fingerprint density at radius 1 is 1.10 bits per heavy atom. The number of carbonyl (C=O) groups excluding carboxylic acids is 1. The number of nitrogens with zero attached hydrogens (tertiary/aromatic N) is 3. The summed E-state index contributed by atoms with van der Waals surface area (Å²) in [5.74, 6) is 0. The number of benzene rings is 2. The first-order chi connectivity index (χ1) is 13.7. The molecule has 2 aromatic carbocycles. The molecule has 0 aromatic heterocycles. The van der Waals surface area contributed by atoms with Gasteiger partial charge in [0, 0.05) is 50.5 Å². The summed E-state index contributed by atoms with van der Waals surface area (Å²) in [7, 11) is -3.85.